The minimum absolute atomic E-state index is 0.341. The molecule has 0 aliphatic carbocycles. The zero-order chi connectivity index (χ0) is 17.2. The van der Waals surface area contributed by atoms with E-state index in [2.05, 4.69) is 17.7 Å². The summed E-state index contributed by atoms with van der Waals surface area (Å²) in [6, 6.07) is 8.12. The van der Waals surface area contributed by atoms with Gasteiger partial charge in [-0.15, -0.1) is 0 Å². The third kappa shape index (κ3) is 3.30. The molecule has 1 aromatic heterocycles. The van der Waals surface area contributed by atoms with Gasteiger partial charge in [-0.25, -0.2) is 9.67 Å². The van der Waals surface area contributed by atoms with Crippen LogP contribution in [0, 0.1) is 0 Å². The van der Waals surface area contributed by atoms with Crippen molar-refractivity contribution < 1.29 is 9.47 Å². The van der Waals surface area contributed by atoms with Gasteiger partial charge >= 0.3 is 0 Å². The molecule has 2 aliphatic heterocycles. The van der Waals surface area contributed by atoms with Gasteiger partial charge in [0.15, 0.2) is 5.82 Å². The molecule has 0 saturated carbocycles. The first kappa shape index (κ1) is 16.6. The van der Waals surface area contributed by atoms with E-state index in [1.54, 1.807) is 7.11 Å². The van der Waals surface area contributed by atoms with Gasteiger partial charge in [0.2, 0.25) is 0 Å². The van der Waals surface area contributed by atoms with Crippen LogP contribution in [-0.4, -0.2) is 34.1 Å². The molecule has 5 nitrogen and oxygen atoms in total. The van der Waals surface area contributed by atoms with Crippen LogP contribution < -0.4 is 4.74 Å². The fourth-order valence-corrected chi connectivity index (χ4v) is 4.15. The number of unbranched alkanes of at least 4 members (excludes halogenated alkanes) is 1. The average molecular weight is 341 g/mol. The van der Waals surface area contributed by atoms with Crippen LogP contribution in [0.5, 0.6) is 5.75 Å². The highest BCUT2D eigenvalue weighted by Gasteiger charge is 2.43. The van der Waals surface area contributed by atoms with Gasteiger partial charge in [0.25, 0.3) is 0 Å². The summed E-state index contributed by atoms with van der Waals surface area (Å²) < 4.78 is 13.7. The molecule has 0 N–H and O–H groups in total. The summed E-state index contributed by atoms with van der Waals surface area (Å²) in [5.74, 6) is 3.33. The second-order valence-electron chi connectivity index (χ2n) is 7.17. The number of hydrogen-bond acceptors (Lipinski definition) is 4. The van der Waals surface area contributed by atoms with Crippen LogP contribution in [0.15, 0.2) is 24.3 Å². The minimum atomic E-state index is 0.341. The second kappa shape index (κ2) is 7.16. The summed E-state index contributed by atoms with van der Waals surface area (Å²) in [5, 5.41) is 4.84. The van der Waals surface area contributed by atoms with Crippen molar-refractivity contribution >= 4 is 0 Å². The van der Waals surface area contributed by atoms with Crippen LogP contribution in [0.4, 0.5) is 0 Å². The van der Waals surface area contributed by atoms with Crippen molar-refractivity contribution in [1.29, 1.82) is 0 Å². The molecule has 1 aromatic carbocycles. The average Bonchev–Trinajstić information content (AvgIpc) is 3.35. The summed E-state index contributed by atoms with van der Waals surface area (Å²) in [5.41, 5.74) is 1.13. The van der Waals surface area contributed by atoms with Crippen molar-refractivity contribution in [3.05, 3.63) is 41.5 Å². The van der Waals surface area contributed by atoms with Crippen LogP contribution in [-0.2, 0) is 17.7 Å². The smallest absolute Gasteiger partial charge is 0.155 e. The molecular formula is C20H27N3O2. The maximum Gasteiger partial charge on any atom is 0.155 e. The predicted octanol–water partition coefficient (Wildman–Crippen LogP) is 3.71. The third-order valence-electron chi connectivity index (χ3n) is 5.45. The molecular weight excluding hydrogens is 314 g/mol. The lowest BCUT2D eigenvalue weighted by Crippen LogP contribution is -2.19. The van der Waals surface area contributed by atoms with E-state index in [1.807, 2.05) is 18.2 Å². The van der Waals surface area contributed by atoms with E-state index < -0.39 is 0 Å². The first-order valence-electron chi connectivity index (χ1n) is 9.49. The lowest BCUT2D eigenvalue weighted by Gasteiger charge is -2.18. The van der Waals surface area contributed by atoms with Gasteiger partial charge in [0.05, 0.1) is 19.3 Å². The highest BCUT2D eigenvalue weighted by Crippen LogP contribution is 2.44. The number of hydrogen-bond donors (Lipinski definition) is 0. The summed E-state index contributed by atoms with van der Waals surface area (Å²) >= 11 is 0. The molecule has 0 unspecified atom stereocenters. The van der Waals surface area contributed by atoms with E-state index in [-0.39, 0.29) is 0 Å². The van der Waals surface area contributed by atoms with Gasteiger partial charge in [-0.2, -0.15) is 5.10 Å². The number of fused-ring (bicyclic) bond motifs is 2. The highest BCUT2D eigenvalue weighted by atomic mass is 16.5. The van der Waals surface area contributed by atoms with Gasteiger partial charge in [-0.1, -0.05) is 31.5 Å². The maximum atomic E-state index is 6.06. The Kier molecular flexibility index (Phi) is 4.75. The Labute approximate surface area is 149 Å². The van der Waals surface area contributed by atoms with Crippen molar-refractivity contribution in [1.82, 2.24) is 14.8 Å². The van der Waals surface area contributed by atoms with Crippen molar-refractivity contribution in [3.63, 3.8) is 0 Å². The van der Waals surface area contributed by atoms with E-state index >= 15 is 0 Å². The molecule has 3 atom stereocenters. The Morgan fingerprint density at radius 2 is 2.16 bits per heavy atom. The van der Waals surface area contributed by atoms with E-state index in [4.69, 9.17) is 19.6 Å². The summed E-state index contributed by atoms with van der Waals surface area (Å²) in [6.45, 7) is 3.16. The Hall–Kier alpha value is -1.88. The third-order valence-corrected chi connectivity index (χ3v) is 5.45. The van der Waals surface area contributed by atoms with Crippen molar-refractivity contribution in [3.8, 4) is 5.75 Å². The van der Waals surface area contributed by atoms with E-state index in [1.165, 1.54) is 6.42 Å². The van der Waals surface area contributed by atoms with Crippen LogP contribution in [0.2, 0.25) is 0 Å². The monoisotopic (exact) mass is 341 g/mol. The van der Waals surface area contributed by atoms with E-state index in [0.717, 1.165) is 55.2 Å². The van der Waals surface area contributed by atoms with Crippen molar-refractivity contribution in [2.45, 2.75) is 70.1 Å². The summed E-state index contributed by atoms with van der Waals surface area (Å²) in [6.07, 6.45) is 7.25. The standard InChI is InChI=1S/C20H27N3O2/c1-3-4-11-23-20(16-13-15-9-10-18(16)25-15)21-19(22-23)12-14-7-5-6-8-17(14)24-2/h5-8,15-16,18H,3-4,9-13H2,1-2H3/t15-,16+,18+/m0/s1. The second-order valence-corrected chi connectivity index (χ2v) is 7.17. The number of para-hydroxylation sites is 1. The van der Waals surface area contributed by atoms with Gasteiger partial charge in [0.1, 0.15) is 11.6 Å². The molecule has 2 bridgehead atoms. The molecule has 4 rings (SSSR count). The zero-order valence-electron chi connectivity index (χ0n) is 15.1. The van der Waals surface area contributed by atoms with E-state index in [9.17, 15) is 0 Å². The molecule has 0 radical (unpaired) electrons. The summed E-state index contributed by atoms with van der Waals surface area (Å²) in [4.78, 5) is 4.95. The fourth-order valence-electron chi connectivity index (χ4n) is 4.15. The van der Waals surface area contributed by atoms with Crippen LogP contribution >= 0.6 is 0 Å². The molecule has 2 aliphatic rings. The first-order valence-corrected chi connectivity index (χ1v) is 9.49. The molecule has 2 fully saturated rings. The molecule has 134 valence electrons. The topological polar surface area (TPSA) is 49.2 Å². The molecule has 0 spiro atoms. The molecule has 2 saturated heterocycles. The fraction of sp³-hybridized carbons (Fsp3) is 0.600. The number of nitrogens with zero attached hydrogens (tertiary/aromatic N) is 3. The highest BCUT2D eigenvalue weighted by molar-refractivity contribution is 5.35. The number of rotatable bonds is 7. The Balaban J connectivity index is 1.60. The quantitative estimate of drug-likeness (QED) is 0.770. The Morgan fingerprint density at radius 1 is 1.28 bits per heavy atom. The van der Waals surface area contributed by atoms with Crippen LogP contribution in [0.25, 0.3) is 0 Å². The van der Waals surface area contributed by atoms with Crippen molar-refractivity contribution in [2.75, 3.05) is 7.11 Å². The molecule has 0 amide bonds. The molecule has 3 heterocycles. The Bertz CT molecular complexity index is 727. The van der Waals surface area contributed by atoms with Crippen LogP contribution in [0.1, 0.15) is 62.2 Å². The summed E-state index contributed by atoms with van der Waals surface area (Å²) in [7, 11) is 1.71. The molecule has 5 heteroatoms. The number of aryl methyl sites for hydroxylation is 1. The van der Waals surface area contributed by atoms with Gasteiger partial charge < -0.3 is 9.47 Å². The number of ether oxygens (including phenoxy) is 2. The minimum Gasteiger partial charge on any atom is -0.496 e. The van der Waals surface area contributed by atoms with E-state index in [0.29, 0.717) is 24.5 Å². The SMILES string of the molecule is CCCCn1nc(Cc2ccccc2OC)nc1[C@@H]1C[C@@H]2CC[C@H]1O2. The lowest BCUT2D eigenvalue weighted by atomic mass is 9.88. The van der Waals surface area contributed by atoms with Gasteiger partial charge in [0, 0.05) is 24.4 Å². The zero-order valence-corrected chi connectivity index (χ0v) is 15.1. The number of aromatic nitrogens is 3. The van der Waals surface area contributed by atoms with Crippen molar-refractivity contribution in [2.24, 2.45) is 0 Å². The first-order chi connectivity index (χ1) is 12.3. The number of methoxy groups -OCH3 is 1. The lowest BCUT2D eigenvalue weighted by molar-refractivity contribution is 0.0994. The largest absolute Gasteiger partial charge is 0.496 e. The normalized spacial score (nSPS) is 24.8. The molecule has 2 aromatic rings. The van der Waals surface area contributed by atoms with Gasteiger partial charge in [-0.3, -0.25) is 0 Å². The Morgan fingerprint density at radius 3 is 2.88 bits per heavy atom. The maximum absolute atomic E-state index is 6.06. The predicted molar refractivity (Wildman–Crippen MR) is 96.0 cm³/mol. The van der Waals surface area contributed by atoms with Gasteiger partial charge in [-0.05, 0) is 31.7 Å². The van der Waals surface area contributed by atoms with Crippen LogP contribution in [0.3, 0.4) is 0 Å². The number of benzene rings is 1. The molecule has 25 heavy (non-hydrogen) atoms.